The van der Waals surface area contributed by atoms with Crippen LogP contribution in [0.4, 0.5) is 0 Å². The molecule has 2 aromatic heterocycles. The Bertz CT molecular complexity index is 2640. The number of hydrogen-bond donors (Lipinski definition) is 4. The third kappa shape index (κ3) is 5.34. The van der Waals surface area contributed by atoms with Crippen LogP contribution in [0.2, 0.25) is 0 Å². The maximum Gasteiger partial charge on any atom is 0.132 e. The first kappa shape index (κ1) is 31.0. The number of rotatable bonds is 4. The number of H-pyrrole nitrogens is 2. The molecule has 0 spiro atoms. The molecule has 2 heterocycles. The Kier molecular flexibility index (Phi) is 7.75. The van der Waals surface area contributed by atoms with Gasteiger partial charge in [0.2, 0.25) is 0 Å². The van der Waals surface area contributed by atoms with Gasteiger partial charge in [0.25, 0.3) is 0 Å². The Labute approximate surface area is 300 Å². The van der Waals surface area contributed by atoms with Crippen molar-refractivity contribution in [2.24, 2.45) is 0 Å². The van der Waals surface area contributed by atoms with Crippen molar-refractivity contribution >= 4 is 43.6 Å². The molecule has 0 saturated heterocycles. The summed E-state index contributed by atoms with van der Waals surface area (Å²) < 4.78 is 0. The van der Waals surface area contributed by atoms with Gasteiger partial charge >= 0.3 is 0 Å². The summed E-state index contributed by atoms with van der Waals surface area (Å²) in [5, 5.41) is 26.9. The Balaban J connectivity index is 0.000000138. The highest BCUT2D eigenvalue weighted by molar-refractivity contribution is 6.18. The van der Waals surface area contributed by atoms with E-state index in [0.29, 0.717) is 11.5 Å². The van der Waals surface area contributed by atoms with Crippen LogP contribution in [0.5, 0.6) is 11.5 Å². The Morgan fingerprint density at radius 3 is 0.981 bits per heavy atom. The maximum absolute atomic E-state index is 11.3. The average Bonchev–Trinajstić information content (AvgIpc) is 3.77. The van der Waals surface area contributed by atoms with Crippen LogP contribution in [0, 0.1) is 0 Å². The lowest BCUT2D eigenvalue weighted by Gasteiger charge is -2.13. The van der Waals surface area contributed by atoms with Crippen LogP contribution in [0.3, 0.4) is 0 Å². The van der Waals surface area contributed by atoms with Gasteiger partial charge in [-0.3, -0.25) is 0 Å². The molecule has 4 N–H and O–H groups in total. The van der Waals surface area contributed by atoms with Gasteiger partial charge in [0, 0.05) is 65.9 Å². The first-order valence-corrected chi connectivity index (χ1v) is 17.4. The summed E-state index contributed by atoms with van der Waals surface area (Å²) in [5.74, 6) is 0.638. The summed E-state index contributed by atoms with van der Waals surface area (Å²) in [4.78, 5) is 7.03. The number of nitrogens with one attached hydrogen (secondary N) is 2. The summed E-state index contributed by atoms with van der Waals surface area (Å²) in [6.45, 7) is 0. The van der Waals surface area contributed by atoms with Gasteiger partial charge in [-0.05, 0) is 46.5 Å². The van der Waals surface area contributed by atoms with Crippen molar-refractivity contribution in [1.29, 1.82) is 0 Å². The van der Waals surface area contributed by atoms with E-state index in [0.717, 1.165) is 88.1 Å². The van der Waals surface area contributed by atoms with Crippen LogP contribution in [-0.2, 0) is 0 Å². The van der Waals surface area contributed by atoms with Gasteiger partial charge in [0.05, 0.1) is 0 Å². The highest BCUT2D eigenvalue weighted by Crippen LogP contribution is 2.47. The van der Waals surface area contributed by atoms with Gasteiger partial charge in [-0.1, -0.05) is 158 Å². The molecule has 4 nitrogen and oxygen atoms in total. The molecule has 0 radical (unpaired) electrons. The Morgan fingerprint density at radius 2 is 0.615 bits per heavy atom. The molecule has 0 fully saturated rings. The molecule has 0 saturated carbocycles. The van der Waals surface area contributed by atoms with Gasteiger partial charge in [-0.25, -0.2) is 0 Å². The fraction of sp³-hybridized carbons (Fsp3) is 0. The van der Waals surface area contributed by atoms with Crippen molar-refractivity contribution < 1.29 is 10.2 Å². The smallest absolute Gasteiger partial charge is 0.132 e. The zero-order valence-electron chi connectivity index (χ0n) is 28.2. The van der Waals surface area contributed by atoms with Crippen molar-refractivity contribution in [3.05, 3.63) is 182 Å². The first-order chi connectivity index (χ1) is 25.7. The SMILES string of the molecule is Oc1c(-c2ccccc2)cc2[nH]c3ccccc3c2c1-c1ccccc1.Oc1c(-c2ccccc2)cc2[nH]c3ccccc3c2c1-c1ccccc1. The highest BCUT2D eigenvalue weighted by Gasteiger charge is 2.20. The van der Waals surface area contributed by atoms with E-state index in [4.69, 9.17) is 0 Å². The lowest BCUT2D eigenvalue weighted by atomic mass is 9.93. The molecule has 0 aliphatic rings. The normalized spacial score (nSPS) is 11.2. The van der Waals surface area contributed by atoms with Gasteiger partial charge in [0.15, 0.2) is 0 Å². The highest BCUT2D eigenvalue weighted by atomic mass is 16.3. The van der Waals surface area contributed by atoms with E-state index in [-0.39, 0.29) is 0 Å². The van der Waals surface area contributed by atoms with E-state index in [2.05, 4.69) is 34.2 Å². The molecule has 0 unspecified atom stereocenters. The summed E-state index contributed by atoms with van der Waals surface area (Å²) in [6.07, 6.45) is 0. The fourth-order valence-electron chi connectivity index (χ4n) is 7.46. The summed E-state index contributed by atoms with van der Waals surface area (Å²) in [6, 6.07) is 60.8. The number of phenols is 2. The number of aromatic hydroxyl groups is 2. The lowest BCUT2D eigenvalue weighted by Crippen LogP contribution is -1.86. The van der Waals surface area contributed by atoms with Crippen molar-refractivity contribution in [3.63, 3.8) is 0 Å². The third-order valence-electron chi connectivity index (χ3n) is 9.83. The maximum atomic E-state index is 11.3. The van der Waals surface area contributed by atoms with Crippen molar-refractivity contribution in [3.8, 4) is 56.0 Å². The van der Waals surface area contributed by atoms with Crippen LogP contribution in [0.15, 0.2) is 182 Å². The van der Waals surface area contributed by atoms with Crippen LogP contribution in [0.25, 0.3) is 88.1 Å². The lowest BCUT2D eigenvalue weighted by molar-refractivity contribution is 0.479. The molecule has 0 aliphatic carbocycles. The first-order valence-electron chi connectivity index (χ1n) is 17.4. The van der Waals surface area contributed by atoms with E-state index in [1.807, 2.05) is 158 Å². The number of benzene rings is 8. The summed E-state index contributed by atoms with van der Waals surface area (Å²) in [7, 11) is 0. The second kappa shape index (κ2) is 13.0. The summed E-state index contributed by atoms with van der Waals surface area (Å²) >= 11 is 0. The van der Waals surface area contributed by atoms with Crippen LogP contribution in [0.1, 0.15) is 0 Å². The molecule has 4 heteroatoms. The predicted octanol–water partition coefficient (Wildman–Crippen LogP) is 12.7. The fourth-order valence-corrected chi connectivity index (χ4v) is 7.46. The van der Waals surface area contributed by atoms with Gasteiger partial charge < -0.3 is 20.2 Å². The van der Waals surface area contributed by atoms with Crippen molar-refractivity contribution in [2.75, 3.05) is 0 Å². The molecule has 10 aromatic rings. The van der Waals surface area contributed by atoms with E-state index < -0.39 is 0 Å². The van der Waals surface area contributed by atoms with Crippen LogP contribution < -0.4 is 0 Å². The number of aromatic nitrogens is 2. The van der Waals surface area contributed by atoms with Crippen LogP contribution in [-0.4, -0.2) is 20.2 Å². The zero-order chi connectivity index (χ0) is 35.0. The minimum absolute atomic E-state index is 0.319. The molecule has 8 aromatic carbocycles. The Morgan fingerprint density at radius 1 is 0.308 bits per heavy atom. The second-order valence-electron chi connectivity index (χ2n) is 12.9. The number of hydrogen-bond acceptors (Lipinski definition) is 2. The molecule has 10 rings (SSSR count). The number of fused-ring (bicyclic) bond motifs is 6. The standard InChI is InChI=1S/2C24H17NO/c2*26-24-19(16-9-3-1-4-10-16)15-21-23(18-13-7-8-14-20(18)25-21)22(24)17-11-5-2-6-12-17/h2*1-15,25-26H. The van der Waals surface area contributed by atoms with Gasteiger partial charge in [0.1, 0.15) is 11.5 Å². The number of para-hydroxylation sites is 2. The quantitative estimate of drug-likeness (QED) is 0.150. The minimum atomic E-state index is 0.319. The van der Waals surface area contributed by atoms with Crippen molar-refractivity contribution in [2.45, 2.75) is 0 Å². The molecule has 0 atom stereocenters. The minimum Gasteiger partial charge on any atom is -0.507 e. The largest absolute Gasteiger partial charge is 0.507 e. The van der Waals surface area contributed by atoms with E-state index in [1.165, 1.54) is 0 Å². The molecule has 52 heavy (non-hydrogen) atoms. The molecular formula is C48H34N2O2. The average molecular weight is 671 g/mol. The van der Waals surface area contributed by atoms with Gasteiger partial charge in [-0.15, -0.1) is 0 Å². The molecule has 0 aliphatic heterocycles. The molecule has 248 valence electrons. The van der Waals surface area contributed by atoms with E-state index in [9.17, 15) is 10.2 Å². The van der Waals surface area contributed by atoms with Crippen molar-refractivity contribution in [1.82, 2.24) is 9.97 Å². The number of aromatic amines is 2. The van der Waals surface area contributed by atoms with Crippen LogP contribution >= 0.6 is 0 Å². The third-order valence-corrected chi connectivity index (χ3v) is 9.83. The molecular weight excluding hydrogens is 637 g/mol. The number of phenolic OH excluding ortho intramolecular Hbond substituents is 2. The molecule has 0 amide bonds. The predicted molar refractivity (Wildman–Crippen MR) is 217 cm³/mol. The van der Waals surface area contributed by atoms with Gasteiger partial charge in [-0.2, -0.15) is 0 Å². The van der Waals surface area contributed by atoms with E-state index >= 15 is 0 Å². The molecule has 0 bridgehead atoms. The Hall–Kier alpha value is -7.04. The zero-order valence-corrected chi connectivity index (χ0v) is 28.2. The monoisotopic (exact) mass is 670 g/mol. The van der Waals surface area contributed by atoms with E-state index in [1.54, 1.807) is 0 Å². The summed E-state index contributed by atoms with van der Waals surface area (Å²) in [5.41, 5.74) is 11.7. The topological polar surface area (TPSA) is 72.0 Å². The second-order valence-corrected chi connectivity index (χ2v) is 12.9.